The number of hydrogen-bond acceptors (Lipinski definition) is 0. The Kier molecular flexibility index (Phi) is 8.79. The van der Waals surface area contributed by atoms with Crippen molar-refractivity contribution in [2.45, 2.75) is 97.8 Å². The zero-order chi connectivity index (χ0) is 24.5. The minimum Gasteiger partial charge on any atom is -1.00 e. The largest absolute Gasteiger partial charge is 1.00 e. The van der Waals surface area contributed by atoms with Crippen molar-refractivity contribution < 1.29 is 40.6 Å². The molecule has 1 atom stereocenters. The van der Waals surface area contributed by atoms with Crippen LogP contribution in [0.4, 0.5) is 0 Å². The number of fused-ring (bicyclic) bond motifs is 2. The van der Waals surface area contributed by atoms with E-state index in [1.54, 1.807) is 55.7 Å². The second-order valence-electron chi connectivity index (χ2n) is 12.2. The quantitative estimate of drug-likeness (QED) is 0.578. The topological polar surface area (TPSA) is 0 Å². The summed E-state index contributed by atoms with van der Waals surface area (Å²) in [4.78, 5) is 0. The molecule has 0 saturated heterocycles. The molecule has 0 radical (unpaired) electrons. The summed E-state index contributed by atoms with van der Waals surface area (Å²) < 4.78 is 0. The van der Waals surface area contributed by atoms with Gasteiger partial charge in [-0.05, 0) is 115 Å². The van der Waals surface area contributed by atoms with E-state index in [2.05, 4.69) is 98.0 Å². The van der Waals surface area contributed by atoms with Crippen LogP contribution in [0.1, 0.15) is 97.0 Å². The minimum atomic E-state index is -1.74. The maximum absolute atomic E-state index is 2.67. The van der Waals surface area contributed by atoms with Crippen LogP contribution < -0.4 is 37.7 Å². The van der Waals surface area contributed by atoms with Gasteiger partial charge in [-0.2, -0.15) is 0 Å². The molecule has 0 fully saturated rings. The summed E-state index contributed by atoms with van der Waals surface area (Å²) in [5.74, 6) is 0.530. The standard InChI is InChI=1S/C33H42Si.2Li.2H/c1-19(2)26-14-10-11-15-28(26)31-27-16-12-13-25(27)18-30-29(31)17-20(3)32(30)34(8,9)33-23(6)21(4)22(5)24(33)7;;;;/h10-11,14-15,17-19,32-33H,12-13,16H2,1-9H3;;;;/q;2*+1;2*-1. The molecule has 36 heavy (non-hydrogen) atoms. The van der Waals surface area contributed by atoms with Gasteiger partial charge in [0.25, 0.3) is 0 Å². The van der Waals surface area contributed by atoms with E-state index in [4.69, 9.17) is 0 Å². The average Bonchev–Trinajstić information content (AvgIpc) is 3.43. The molecule has 0 saturated carbocycles. The van der Waals surface area contributed by atoms with Crippen LogP contribution >= 0.6 is 0 Å². The van der Waals surface area contributed by atoms with Crippen LogP contribution in [0.25, 0.3) is 17.2 Å². The van der Waals surface area contributed by atoms with E-state index in [-0.39, 0.29) is 40.6 Å². The Morgan fingerprint density at radius 3 is 2.08 bits per heavy atom. The zero-order valence-electron chi connectivity index (χ0n) is 26.8. The first-order valence-electron chi connectivity index (χ1n) is 13.4. The van der Waals surface area contributed by atoms with Gasteiger partial charge in [-0.25, -0.2) is 0 Å². The maximum Gasteiger partial charge on any atom is 1.00 e. The number of rotatable bonds is 4. The number of allylic oxidation sites excluding steroid dienone is 5. The Balaban J connectivity index is 0.00000180. The van der Waals surface area contributed by atoms with Crippen molar-refractivity contribution in [1.29, 1.82) is 0 Å². The van der Waals surface area contributed by atoms with Crippen molar-refractivity contribution in [2.24, 2.45) is 0 Å². The van der Waals surface area contributed by atoms with Crippen molar-refractivity contribution >= 4 is 14.1 Å². The van der Waals surface area contributed by atoms with E-state index in [1.165, 1.54) is 30.4 Å². The number of aryl methyl sites for hydroxylation is 1. The van der Waals surface area contributed by atoms with Gasteiger partial charge in [-0.3, -0.25) is 0 Å². The van der Waals surface area contributed by atoms with E-state index in [1.807, 2.05) is 0 Å². The van der Waals surface area contributed by atoms with Gasteiger partial charge in [0.1, 0.15) is 0 Å². The van der Waals surface area contributed by atoms with Crippen LogP contribution in [0, 0.1) is 0 Å². The molecule has 5 rings (SSSR count). The van der Waals surface area contributed by atoms with Gasteiger partial charge in [0.2, 0.25) is 0 Å². The number of hydrogen-bond donors (Lipinski definition) is 0. The van der Waals surface area contributed by atoms with E-state index < -0.39 is 8.07 Å². The fourth-order valence-corrected chi connectivity index (χ4v) is 13.2. The summed E-state index contributed by atoms with van der Waals surface area (Å²) in [6.07, 6.45) is 6.36. The molecule has 0 amide bonds. The van der Waals surface area contributed by atoms with Crippen molar-refractivity contribution in [2.75, 3.05) is 0 Å². The molecule has 0 nitrogen and oxygen atoms in total. The Morgan fingerprint density at radius 1 is 0.861 bits per heavy atom. The first-order valence-corrected chi connectivity index (χ1v) is 16.5. The summed E-state index contributed by atoms with van der Waals surface area (Å²) in [5, 5.41) is 0. The van der Waals surface area contributed by atoms with Crippen molar-refractivity contribution in [3.05, 3.63) is 86.0 Å². The number of benzene rings is 2. The molecule has 3 aliphatic rings. The average molecular weight is 483 g/mol. The third-order valence-corrected chi connectivity index (χ3v) is 14.2. The van der Waals surface area contributed by atoms with E-state index in [9.17, 15) is 0 Å². The second kappa shape index (κ2) is 10.7. The fourth-order valence-electron chi connectivity index (χ4n) is 7.89. The van der Waals surface area contributed by atoms with E-state index in [0.29, 0.717) is 17.0 Å². The van der Waals surface area contributed by atoms with E-state index in [0.717, 1.165) is 0 Å². The van der Waals surface area contributed by atoms with Crippen LogP contribution in [0.3, 0.4) is 0 Å². The molecule has 2 aromatic carbocycles. The van der Waals surface area contributed by atoms with Crippen LogP contribution in [-0.4, -0.2) is 8.07 Å². The smallest absolute Gasteiger partial charge is 1.00 e. The SMILES string of the molecule is CC1=Cc2c(cc3c(c2-c2ccccc2C(C)C)CCC3)C1[Si](C)(C)C1C(C)=C(C)C(C)=C1C.[H-].[H-].[Li+].[Li+]. The normalized spacial score (nSPS) is 19.4. The van der Waals surface area contributed by atoms with Crippen LogP contribution in [0.2, 0.25) is 18.6 Å². The van der Waals surface area contributed by atoms with Crippen molar-refractivity contribution in [1.82, 2.24) is 0 Å². The van der Waals surface area contributed by atoms with Crippen molar-refractivity contribution in [3.63, 3.8) is 0 Å². The van der Waals surface area contributed by atoms with Gasteiger partial charge in [-0.1, -0.05) is 80.1 Å². The Bertz CT molecular complexity index is 1280. The molecule has 3 heteroatoms. The molecule has 1 unspecified atom stereocenters. The molecule has 182 valence electrons. The first kappa shape index (κ1) is 29.6. The molecule has 0 aromatic heterocycles. The van der Waals surface area contributed by atoms with Gasteiger partial charge < -0.3 is 2.85 Å². The third-order valence-electron chi connectivity index (χ3n) is 9.56. The summed E-state index contributed by atoms with van der Waals surface area (Å²) in [6.45, 7) is 22.0. The summed E-state index contributed by atoms with van der Waals surface area (Å²) in [6, 6.07) is 11.9. The molecule has 0 heterocycles. The molecular formula is C33H44Li2Si. The Hall–Kier alpha value is -0.928. The molecule has 0 bridgehead atoms. The summed E-state index contributed by atoms with van der Waals surface area (Å²) in [7, 11) is -1.74. The predicted molar refractivity (Wildman–Crippen MR) is 155 cm³/mol. The van der Waals surface area contributed by atoms with E-state index >= 15 is 0 Å². The Labute approximate surface area is 248 Å². The zero-order valence-corrected chi connectivity index (χ0v) is 25.8. The van der Waals surface area contributed by atoms with Gasteiger partial charge >= 0.3 is 37.7 Å². The molecule has 2 aromatic rings. The minimum absolute atomic E-state index is 0. The first-order chi connectivity index (χ1) is 16.1. The van der Waals surface area contributed by atoms with Gasteiger partial charge in [0, 0.05) is 5.54 Å². The maximum atomic E-state index is 2.67. The van der Waals surface area contributed by atoms with Gasteiger partial charge in [-0.15, -0.1) is 0 Å². The van der Waals surface area contributed by atoms with Crippen LogP contribution in [0.5, 0.6) is 0 Å². The van der Waals surface area contributed by atoms with Gasteiger partial charge in [0.15, 0.2) is 0 Å². The third kappa shape index (κ3) is 4.39. The molecule has 3 aliphatic carbocycles. The molecule has 0 aliphatic heterocycles. The summed E-state index contributed by atoms with van der Waals surface area (Å²) in [5.41, 5.74) is 20.2. The summed E-state index contributed by atoms with van der Waals surface area (Å²) >= 11 is 0. The molecule has 0 spiro atoms. The van der Waals surface area contributed by atoms with Crippen LogP contribution in [-0.2, 0) is 12.8 Å². The van der Waals surface area contributed by atoms with Crippen molar-refractivity contribution in [3.8, 4) is 11.1 Å². The predicted octanol–water partition coefficient (Wildman–Crippen LogP) is 4.00. The fraction of sp³-hybridized carbons (Fsp3) is 0.455. The molecule has 0 N–H and O–H groups in total. The van der Waals surface area contributed by atoms with Gasteiger partial charge in [0.05, 0.1) is 8.07 Å². The second-order valence-corrected chi connectivity index (χ2v) is 17.0. The molecular weight excluding hydrogens is 438 g/mol. The van der Waals surface area contributed by atoms with Crippen LogP contribution in [0.15, 0.2) is 58.2 Å². The Morgan fingerprint density at radius 2 is 1.47 bits per heavy atom. The monoisotopic (exact) mass is 482 g/mol.